The first-order valence-electron chi connectivity index (χ1n) is 4.99. The standard InChI is InChI=1S/C12H14ClNO2/c1-7-4-5-10(6-11(7)13)8(2)14-12(16)9(3)15/h4-6,8H,1-3H3,(H,14,16). The quantitative estimate of drug-likeness (QED) is 0.824. The van der Waals surface area contributed by atoms with Crippen LogP contribution in [0.2, 0.25) is 5.02 Å². The van der Waals surface area contributed by atoms with E-state index in [1.165, 1.54) is 6.92 Å². The first-order chi connectivity index (χ1) is 7.41. The van der Waals surface area contributed by atoms with Gasteiger partial charge in [0.05, 0.1) is 6.04 Å². The molecule has 86 valence electrons. The predicted octanol–water partition coefficient (Wildman–Crippen LogP) is 2.41. The highest BCUT2D eigenvalue weighted by atomic mass is 35.5. The topological polar surface area (TPSA) is 46.2 Å². The molecule has 0 radical (unpaired) electrons. The Hall–Kier alpha value is -1.35. The number of carbonyl (C=O) groups excluding carboxylic acids is 2. The van der Waals surface area contributed by atoms with Crippen LogP contribution in [0.5, 0.6) is 0 Å². The van der Waals surface area contributed by atoms with Crippen molar-refractivity contribution in [3.63, 3.8) is 0 Å². The number of amides is 1. The van der Waals surface area contributed by atoms with Crippen LogP contribution in [0.25, 0.3) is 0 Å². The van der Waals surface area contributed by atoms with E-state index in [9.17, 15) is 9.59 Å². The summed E-state index contributed by atoms with van der Waals surface area (Å²) >= 11 is 5.98. The van der Waals surface area contributed by atoms with Crippen molar-refractivity contribution in [1.82, 2.24) is 5.32 Å². The number of halogens is 1. The highest BCUT2D eigenvalue weighted by molar-refractivity contribution is 6.35. The van der Waals surface area contributed by atoms with Crippen molar-refractivity contribution < 1.29 is 9.59 Å². The Labute approximate surface area is 99.8 Å². The third-order valence-electron chi connectivity index (χ3n) is 2.36. The third kappa shape index (κ3) is 3.07. The van der Waals surface area contributed by atoms with E-state index in [-0.39, 0.29) is 6.04 Å². The van der Waals surface area contributed by atoms with E-state index in [1.54, 1.807) is 6.07 Å². The van der Waals surface area contributed by atoms with Gasteiger partial charge in [-0.05, 0) is 31.0 Å². The fraction of sp³-hybridized carbons (Fsp3) is 0.333. The lowest BCUT2D eigenvalue weighted by atomic mass is 10.1. The maximum atomic E-state index is 11.2. The lowest BCUT2D eigenvalue weighted by molar-refractivity contribution is -0.137. The Morgan fingerprint density at radius 2 is 2.00 bits per heavy atom. The zero-order valence-electron chi connectivity index (χ0n) is 9.50. The van der Waals surface area contributed by atoms with Crippen LogP contribution in [-0.4, -0.2) is 11.7 Å². The van der Waals surface area contributed by atoms with Crippen molar-refractivity contribution in [3.05, 3.63) is 34.3 Å². The monoisotopic (exact) mass is 239 g/mol. The van der Waals surface area contributed by atoms with Gasteiger partial charge in [0.25, 0.3) is 5.91 Å². The minimum Gasteiger partial charge on any atom is -0.343 e. The van der Waals surface area contributed by atoms with E-state index in [0.717, 1.165) is 11.1 Å². The van der Waals surface area contributed by atoms with Crippen LogP contribution in [0.15, 0.2) is 18.2 Å². The molecule has 1 atom stereocenters. The normalized spacial score (nSPS) is 12.0. The maximum Gasteiger partial charge on any atom is 0.287 e. The Balaban J connectivity index is 2.81. The van der Waals surface area contributed by atoms with E-state index < -0.39 is 11.7 Å². The Morgan fingerprint density at radius 3 is 2.50 bits per heavy atom. The lowest BCUT2D eigenvalue weighted by Crippen LogP contribution is -2.31. The highest BCUT2D eigenvalue weighted by Gasteiger charge is 2.13. The SMILES string of the molecule is CC(=O)C(=O)NC(C)c1ccc(C)c(Cl)c1. The second-order valence-corrected chi connectivity index (χ2v) is 4.17. The first kappa shape index (κ1) is 12.7. The molecule has 0 aliphatic carbocycles. The minimum atomic E-state index is -0.579. The van der Waals surface area contributed by atoms with Gasteiger partial charge in [0.2, 0.25) is 5.78 Å². The molecule has 0 heterocycles. The Bertz CT molecular complexity index is 429. The van der Waals surface area contributed by atoms with Gasteiger partial charge >= 0.3 is 0 Å². The number of Topliss-reactive ketones (excluding diaryl/α,β-unsaturated/α-hetero) is 1. The molecule has 0 bridgehead atoms. The molecule has 0 saturated heterocycles. The summed E-state index contributed by atoms with van der Waals surface area (Å²) in [7, 11) is 0. The van der Waals surface area contributed by atoms with Gasteiger partial charge in [0.15, 0.2) is 0 Å². The molecule has 3 nitrogen and oxygen atoms in total. The maximum absolute atomic E-state index is 11.2. The Kier molecular flexibility index (Phi) is 4.07. The fourth-order valence-corrected chi connectivity index (χ4v) is 1.45. The van der Waals surface area contributed by atoms with Crippen LogP contribution < -0.4 is 5.32 Å². The minimum absolute atomic E-state index is 0.227. The summed E-state index contributed by atoms with van der Waals surface area (Å²) in [5, 5.41) is 3.25. The first-order valence-corrected chi connectivity index (χ1v) is 5.37. The Morgan fingerprint density at radius 1 is 1.38 bits per heavy atom. The molecule has 16 heavy (non-hydrogen) atoms. The van der Waals surface area contributed by atoms with E-state index in [4.69, 9.17) is 11.6 Å². The van der Waals surface area contributed by atoms with Gasteiger partial charge in [-0.1, -0.05) is 23.7 Å². The van der Waals surface area contributed by atoms with Gasteiger partial charge in [0, 0.05) is 11.9 Å². The van der Waals surface area contributed by atoms with E-state index in [1.807, 2.05) is 26.0 Å². The molecule has 0 aliphatic rings. The molecule has 0 saturated carbocycles. The predicted molar refractivity (Wildman–Crippen MR) is 63.4 cm³/mol. The summed E-state index contributed by atoms with van der Waals surface area (Å²) in [6.45, 7) is 4.96. The van der Waals surface area contributed by atoms with Crippen molar-refractivity contribution in [2.75, 3.05) is 0 Å². The fourth-order valence-electron chi connectivity index (χ4n) is 1.26. The molecule has 1 aromatic carbocycles. The highest BCUT2D eigenvalue weighted by Crippen LogP contribution is 2.21. The summed E-state index contributed by atoms with van der Waals surface area (Å²) in [6.07, 6.45) is 0. The number of nitrogens with one attached hydrogen (secondary N) is 1. The number of rotatable bonds is 3. The summed E-state index contributed by atoms with van der Waals surface area (Å²) in [5.74, 6) is -1.07. The number of hydrogen-bond acceptors (Lipinski definition) is 2. The van der Waals surface area contributed by atoms with E-state index in [2.05, 4.69) is 5.32 Å². The van der Waals surface area contributed by atoms with Crippen LogP contribution in [0, 0.1) is 6.92 Å². The number of ketones is 1. The summed E-state index contributed by atoms with van der Waals surface area (Å²) in [6, 6.07) is 5.33. The van der Waals surface area contributed by atoms with Crippen LogP contribution >= 0.6 is 11.6 Å². The number of benzene rings is 1. The van der Waals surface area contributed by atoms with Crippen LogP contribution in [0.4, 0.5) is 0 Å². The molecule has 1 aromatic rings. The van der Waals surface area contributed by atoms with Gasteiger partial charge in [-0.2, -0.15) is 0 Å². The molecule has 1 unspecified atom stereocenters. The third-order valence-corrected chi connectivity index (χ3v) is 2.77. The lowest BCUT2D eigenvalue weighted by Gasteiger charge is -2.14. The van der Waals surface area contributed by atoms with Gasteiger partial charge in [0.1, 0.15) is 0 Å². The molecular formula is C12H14ClNO2. The molecule has 0 spiro atoms. The summed E-state index contributed by atoms with van der Waals surface area (Å²) in [4.78, 5) is 22.0. The average molecular weight is 240 g/mol. The zero-order valence-corrected chi connectivity index (χ0v) is 10.3. The molecule has 1 rings (SSSR count). The largest absolute Gasteiger partial charge is 0.343 e. The number of aryl methyl sites for hydroxylation is 1. The molecular weight excluding hydrogens is 226 g/mol. The van der Waals surface area contributed by atoms with Crippen molar-refractivity contribution in [1.29, 1.82) is 0 Å². The zero-order chi connectivity index (χ0) is 12.3. The average Bonchev–Trinajstić information content (AvgIpc) is 2.21. The second-order valence-electron chi connectivity index (χ2n) is 3.76. The van der Waals surface area contributed by atoms with Crippen LogP contribution in [-0.2, 0) is 9.59 Å². The second kappa shape index (κ2) is 5.12. The van der Waals surface area contributed by atoms with Crippen LogP contribution in [0.3, 0.4) is 0 Å². The molecule has 4 heteroatoms. The van der Waals surface area contributed by atoms with E-state index >= 15 is 0 Å². The summed E-state index contributed by atoms with van der Waals surface area (Å²) in [5.41, 5.74) is 1.86. The molecule has 1 N–H and O–H groups in total. The number of hydrogen-bond donors (Lipinski definition) is 1. The van der Waals surface area contributed by atoms with Crippen molar-refractivity contribution in [2.45, 2.75) is 26.8 Å². The molecule has 1 amide bonds. The van der Waals surface area contributed by atoms with Crippen molar-refractivity contribution in [2.24, 2.45) is 0 Å². The van der Waals surface area contributed by atoms with Gasteiger partial charge in [-0.25, -0.2) is 0 Å². The molecule has 0 fully saturated rings. The van der Waals surface area contributed by atoms with E-state index in [0.29, 0.717) is 5.02 Å². The molecule has 0 aliphatic heterocycles. The number of carbonyl (C=O) groups is 2. The van der Waals surface area contributed by atoms with Gasteiger partial charge in [-0.15, -0.1) is 0 Å². The van der Waals surface area contributed by atoms with Crippen LogP contribution in [0.1, 0.15) is 31.0 Å². The van der Waals surface area contributed by atoms with Crippen molar-refractivity contribution >= 4 is 23.3 Å². The smallest absolute Gasteiger partial charge is 0.287 e. The summed E-state index contributed by atoms with van der Waals surface area (Å²) < 4.78 is 0. The van der Waals surface area contributed by atoms with Gasteiger partial charge < -0.3 is 5.32 Å². The molecule has 0 aromatic heterocycles. The van der Waals surface area contributed by atoms with Gasteiger partial charge in [-0.3, -0.25) is 9.59 Å². The van der Waals surface area contributed by atoms with Crippen molar-refractivity contribution in [3.8, 4) is 0 Å².